The molecule has 1 N–H and O–H groups in total. The molecule has 0 spiro atoms. The van der Waals surface area contributed by atoms with Crippen molar-refractivity contribution in [2.75, 3.05) is 11.9 Å². The van der Waals surface area contributed by atoms with Gasteiger partial charge in [-0.2, -0.15) is 0 Å². The molecule has 32 heavy (non-hydrogen) atoms. The zero-order valence-electron chi connectivity index (χ0n) is 18.6. The van der Waals surface area contributed by atoms with E-state index in [1.807, 2.05) is 37.3 Å². The van der Waals surface area contributed by atoms with Gasteiger partial charge in [0.05, 0.1) is 6.61 Å². The lowest BCUT2D eigenvalue weighted by Gasteiger charge is -2.15. The summed E-state index contributed by atoms with van der Waals surface area (Å²) in [5.74, 6) is 0.499. The summed E-state index contributed by atoms with van der Waals surface area (Å²) in [6, 6.07) is 9.60. The van der Waals surface area contributed by atoms with Crippen molar-refractivity contribution in [2.45, 2.75) is 58.3 Å². The highest BCUT2D eigenvalue weighted by atomic mass is 35.5. The van der Waals surface area contributed by atoms with Crippen molar-refractivity contribution in [3.63, 3.8) is 0 Å². The van der Waals surface area contributed by atoms with Crippen LogP contribution in [-0.4, -0.2) is 22.9 Å². The Hall–Kier alpha value is -2.44. The molecule has 2 heterocycles. The van der Waals surface area contributed by atoms with Crippen molar-refractivity contribution in [3.8, 4) is 17.0 Å². The van der Waals surface area contributed by atoms with Gasteiger partial charge >= 0.3 is 0 Å². The first-order chi connectivity index (χ1) is 15.6. The number of ether oxygens (including phenoxy) is 1. The first kappa shape index (κ1) is 24.2. The minimum absolute atomic E-state index is 0.262. The molecule has 0 radical (unpaired) electrons. The Morgan fingerprint density at radius 3 is 2.75 bits per heavy atom. The highest BCUT2D eigenvalue weighted by molar-refractivity contribution is 7.20. The van der Waals surface area contributed by atoms with Crippen molar-refractivity contribution in [2.24, 2.45) is 0 Å². The van der Waals surface area contributed by atoms with E-state index >= 15 is 0 Å². The summed E-state index contributed by atoms with van der Waals surface area (Å²) in [5.41, 5.74) is 3.28. The highest BCUT2D eigenvalue weighted by Crippen LogP contribution is 2.37. The Balaban J connectivity index is 1.67. The van der Waals surface area contributed by atoms with Gasteiger partial charge in [-0.15, -0.1) is 0 Å². The van der Waals surface area contributed by atoms with Crippen LogP contribution in [-0.2, 0) is 4.79 Å². The zero-order chi connectivity index (χ0) is 22.8. The number of thiazole rings is 1. The van der Waals surface area contributed by atoms with Crippen molar-refractivity contribution in [1.29, 1.82) is 0 Å². The van der Waals surface area contributed by atoms with Gasteiger partial charge in [-0.25, -0.2) is 4.98 Å². The van der Waals surface area contributed by atoms with Gasteiger partial charge in [-0.3, -0.25) is 4.98 Å². The number of aromatic nitrogens is 2. The number of rotatable bonds is 13. The van der Waals surface area contributed by atoms with Crippen LogP contribution in [0.1, 0.15) is 63.9 Å². The van der Waals surface area contributed by atoms with Crippen molar-refractivity contribution < 1.29 is 9.53 Å². The SMILES string of the molecule is CCCCCCCCOc1ccc(Nc2nc(-c3cccnc3)c(Cl)s2)cc1C(C)C=O. The van der Waals surface area contributed by atoms with E-state index in [4.69, 9.17) is 16.3 Å². The van der Waals surface area contributed by atoms with Crippen molar-refractivity contribution in [3.05, 3.63) is 52.6 Å². The van der Waals surface area contributed by atoms with Crippen molar-refractivity contribution in [1.82, 2.24) is 9.97 Å². The predicted molar refractivity (Wildman–Crippen MR) is 133 cm³/mol. The third kappa shape index (κ3) is 6.78. The zero-order valence-corrected chi connectivity index (χ0v) is 20.2. The van der Waals surface area contributed by atoms with Gasteiger partial charge in [0.1, 0.15) is 22.1 Å². The molecule has 2 aromatic heterocycles. The minimum atomic E-state index is -0.262. The van der Waals surface area contributed by atoms with Crippen LogP contribution in [0.3, 0.4) is 0 Å². The fourth-order valence-electron chi connectivity index (χ4n) is 3.41. The molecule has 1 atom stereocenters. The number of anilines is 2. The molecule has 0 bridgehead atoms. The molecular formula is C25H30ClN3O2S. The van der Waals surface area contributed by atoms with Gasteiger partial charge in [-0.1, -0.05) is 68.9 Å². The normalized spacial score (nSPS) is 11.8. The molecule has 0 aliphatic rings. The van der Waals surface area contributed by atoms with Crippen LogP contribution in [0.25, 0.3) is 11.3 Å². The summed E-state index contributed by atoms with van der Waals surface area (Å²) in [6.07, 6.45) is 11.7. The fourth-order valence-corrected chi connectivity index (χ4v) is 4.52. The van der Waals surface area contributed by atoms with E-state index in [9.17, 15) is 4.79 Å². The smallest absolute Gasteiger partial charge is 0.189 e. The molecule has 5 nitrogen and oxygen atoms in total. The number of nitrogens with zero attached hydrogens (tertiary/aromatic N) is 2. The summed E-state index contributed by atoms with van der Waals surface area (Å²) in [6.45, 7) is 4.76. The fraction of sp³-hybridized carbons (Fsp3) is 0.400. The summed E-state index contributed by atoms with van der Waals surface area (Å²) in [7, 11) is 0. The lowest BCUT2D eigenvalue weighted by molar-refractivity contribution is -0.108. The second-order valence-corrected chi connectivity index (χ2v) is 9.40. The Bertz CT molecular complexity index is 994. The highest BCUT2D eigenvalue weighted by Gasteiger charge is 2.15. The third-order valence-electron chi connectivity index (χ3n) is 5.23. The summed E-state index contributed by atoms with van der Waals surface area (Å²) < 4.78 is 6.62. The summed E-state index contributed by atoms with van der Waals surface area (Å²) in [4.78, 5) is 20.3. The van der Waals surface area contributed by atoms with E-state index in [1.165, 1.54) is 43.4 Å². The summed E-state index contributed by atoms with van der Waals surface area (Å²) >= 11 is 7.78. The monoisotopic (exact) mass is 471 g/mol. The van der Waals surface area contributed by atoms with Gasteiger partial charge in [-0.05, 0) is 36.8 Å². The number of unbranched alkanes of at least 4 members (excludes halogenated alkanes) is 5. The number of pyridine rings is 1. The maximum atomic E-state index is 11.5. The molecule has 0 aliphatic carbocycles. The molecule has 7 heteroatoms. The maximum Gasteiger partial charge on any atom is 0.189 e. The van der Waals surface area contributed by atoms with Crippen LogP contribution < -0.4 is 10.1 Å². The molecule has 170 valence electrons. The molecule has 0 fully saturated rings. The van der Waals surface area contributed by atoms with E-state index in [1.54, 1.807) is 12.4 Å². The number of hydrogen-bond donors (Lipinski definition) is 1. The average Bonchev–Trinajstić information content (AvgIpc) is 3.19. The molecule has 0 saturated carbocycles. The number of carbonyl (C=O) groups excluding carboxylic acids is 1. The molecule has 0 amide bonds. The quantitative estimate of drug-likeness (QED) is 0.205. The van der Waals surface area contributed by atoms with Crippen LogP contribution in [0.4, 0.5) is 10.8 Å². The molecule has 0 aliphatic heterocycles. The first-order valence-electron chi connectivity index (χ1n) is 11.2. The molecule has 3 rings (SSSR count). The minimum Gasteiger partial charge on any atom is -0.493 e. The van der Waals surface area contributed by atoms with Crippen LogP contribution in [0.2, 0.25) is 4.34 Å². The summed E-state index contributed by atoms with van der Waals surface area (Å²) in [5, 5.41) is 3.99. The lowest BCUT2D eigenvalue weighted by Crippen LogP contribution is -2.04. The Kier molecular flexibility index (Phi) is 9.50. The second kappa shape index (κ2) is 12.6. The average molecular weight is 472 g/mol. The van der Waals surface area contributed by atoms with Crippen LogP contribution in [0.15, 0.2) is 42.7 Å². The van der Waals surface area contributed by atoms with E-state index in [0.717, 1.165) is 35.3 Å². The van der Waals surface area contributed by atoms with Gasteiger partial charge in [0.2, 0.25) is 0 Å². The van der Waals surface area contributed by atoms with Crippen LogP contribution in [0, 0.1) is 0 Å². The topological polar surface area (TPSA) is 64.1 Å². The standard InChI is InChI=1S/C25H30ClN3O2S/c1-3-4-5-6-7-8-14-31-22-12-11-20(15-21(22)18(2)17-30)28-25-29-23(24(26)32-25)19-10-9-13-27-16-19/h9-13,15-18H,3-8,14H2,1-2H3,(H,28,29). The van der Waals surface area contributed by atoms with E-state index in [0.29, 0.717) is 21.8 Å². The number of benzene rings is 1. The van der Waals surface area contributed by atoms with E-state index in [2.05, 4.69) is 22.2 Å². The van der Waals surface area contributed by atoms with Crippen molar-refractivity contribution >= 4 is 40.0 Å². The first-order valence-corrected chi connectivity index (χ1v) is 12.4. The number of aldehydes is 1. The third-order valence-corrected chi connectivity index (χ3v) is 6.40. The van der Waals surface area contributed by atoms with Crippen LogP contribution >= 0.6 is 22.9 Å². The molecule has 3 aromatic rings. The van der Waals surface area contributed by atoms with Crippen LogP contribution in [0.5, 0.6) is 5.75 Å². The molecular weight excluding hydrogens is 442 g/mol. The Labute approximate surface area is 199 Å². The van der Waals surface area contributed by atoms with Gasteiger partial charge in [0.25, 0.3) is 0 Å². The van der Waals surface area contributed by atoms with E-state index < -0.39 is 0 Å². The number of carbonyl (C=O) groups is 1. The lowest BCUT2D eigenvalue weighted by atomic mass is 10.0. The molecule has 1 unspecified atom stereocenters. The number of hydrogen-bond acceptors (Lipinski definition) is 6. The predicted octanol–water partition coefficient (Wildman–Crippen LogP) is 7.64. The maximum absolute atomic E-state index is 11.5. The van der Waals surface area contributed by atoms with Gasteiger partial charge in [0.15, 0.2) is 5.13 Å². The number of nitrogens with one attached hydrogen (secondary N) is 1. The molecule has 0 saturated heterocycles. The number of halogens is 1. The Morgan fingerprint density at radius 2 is 2.00 bits per heavy atom. The van der Waals surface area contributed by atoms with Gasteiger partial charge < -0.3 is 14.8 Å². The van der Waals surface area contributed by atoms with Gasteiger partial charge in [0, 0.05) is 35.1 Å². The molecule has 1 aromatic carbocycles. The largest absolute Gasteiger partial charge is 0.493 e. The second-order valence-electron chi connectivity index (χ2n) is 7.80. The van der Waals surface area contributed by atoms with E-state index in [-0.39, 0.29) is 5.92 Å². The Morgan fingerprint density at radius 1 is 1.19 bits per heavy atom.